The van der Waals surface area contributed by atoms with Crippen molar-refractivity contribution in [2.24, 2.45) is 0 Å². The number of rotatable bonds is 4. The first-order chi connectivity index (χ1) is 10.2. The zero-order valence-corrected chi connectivity index (χ0v) is 11.2. The summed E-state index contributed by atoms with van der Waals surface area (Å²) in [6, 6.07) is 17.4. The van der Waals surface area contributed by atoms with E-state index in [9.17, 15) is 10.1 Å². The van der Waals surface area contributed by atoms with E-state index in [1.807, 2.05) is 18.2 Å². The summed E-state index contributed by atoms with van der Waals surface area (Å²) in [5.74, 6) is 0.619. The van der Waals surface area contributed by atoms with Gasteiger partial charge >= 0.3 is 0 Å². The van der Waals surface area contributed by atoms with Crippen LogP contribution in [0.1, 0.15) is 5.56 Å². The molecule has 3 aromatic rings. The number of nitrogens with zero attached hydrogens (tertiary/aromatic N) is 2. The highest BCUT2D eigenvalue weighted by Crippen LogP contribution is 2.19. The van der Waals surface area contributed by atoms with E-state index in [1.165, 1.54) is 23.0 Å². The van der Waals surface area contributed by atoms with E-state index in [0.717, 1.165) is 5.56 Å². The Morgan fingerprint density at radius 2 is 1.86 bits per heavy atom. The fourth-order valence-electron chi connectivity index (χ4n) is 2.23. The highest BCUT2D eigenvalue weighted by Gasteiger charge is 2.05. The molecule has 0 radical (unpaired) electrons. The average molecular weight is 279 g/mol. The largest absolute Gasteiger partial charge is 0.366 e. The zero-order valence-electron chi connectivity index (χ0n) is 11.2. The average Bonchev–Trinajstić information content (AvgIpc) is 2.53. The summed E-state index contributed by atoms with van der Waals surface area (Å²) in [4.78, 5) is 14.2. The van der Waals surface area contributed by atoms with Crippen LogP contribution in [0.4, 0.5) is 11.5 Å². The van der Waals surface area contributed by atoms with Crippen LogP contribution in [0.5, 0.6) is 0 Å². The molecule has 21 heavy (non-hydrogen) atoms. The Morgan fingerprint density at radius 3 is 2.62 bits per heavy atom. The molecule has 0 saturated heterocycles. The highest BCUT2D eigenvalue weighted by molar-refractivity contribution is 5.85. The maximum atomic E-state index is 10.6. The quantitative estimate of drug-likeness (QED) is 0.583. The first-order valence-electron chi connectivity index (χ1n) is 6.55. The van der Waals surface area contributed by atoms with Crippen molar-refractivity contribution in [1.82, 2.24) is 4.98 Å². The molecular formula is C16H13N3O2. The van der Waals surface area contributed by atoms with Gasteiger partial charge in [-0.05, 0) is 22.4 Å². The van der Waals surface area contributed by atoms with E-state index in [2.05, 4.69) is 34.6 Å². The molecule has 0 fully saturated rings. The molecule has 1 aromatic heterocycles. The number of nitrogens with one attached hydrogen (secondary N) is 1. The molecule has 0 spiro atoms. The van der Waals surface area contributed by atoms with E-state index in [0.29, 0.717) is 12.4 Å². The molecule has 3 rings (SSSR count). The summed E-state index contributed by atoms with van der Waals surface area (Å²) >= 11 is 0. The Labute approximate surface area is 121 Å². The third kappa shape index (κ3) is 2.81. The van der Waals surface area contributed by atoms with Gasteiger partial charge in [0.2, 0.25) is 0 Å². The fourth-order valence-corrected chi connectivity index (χ4v) is 2.23. The SMILES string of the molecule is O=[N+]([O-])c1ccc(NCc2cccc3ccccc23)nc1. The topological polar surface area (TPSA) is 68.1 Å². The van der Waals surface area contributed by atoms with Crippen molar-refractivity contribution in [3.05, 3.63) is 76.5 Å². The molecule has 0 aliphatic heterocycles. The Bertz CT molecular complexity index is 780. The number of fused-ring (bicyclic) bond motifs is 1. The zero-order chi connectivity index (χ0) is 14.7. The number of hydrogen-bond acceptors (Lipinski definition) is 4. The molecule has 0 aliphatic carbocycles. The Kier molecular flexibility index (Phi) is 3.47. The van der Waals surface area contributed by atoms with Gasteiger partial charge in [0.05, 0.1) is 4.92 Å². The smallest absolute Gasteiger partial charge is 0.287 e. The highest BCUT2D eigenvalue weighted by atomic mass is 16.6. The van der Waals surface area contributed by atoms with Gasteiger partial charge in [-0.15, -0.1) is 0 Å². The van der Waals surface area contributed by atoms with Gasteiger partial charge in [-0.3, -0.25) is 10.1 Å². The van der Waals surface area contributed by atoms with Crippen LogP contribution < -0.4 is 5.32 Å². The molecular weight excluding hydrogens is 266 g/mol. The predicted molar refractivity (Wildman–Crippen MR) is 82.2 cm³/mol. The van der Waals surface area contributed by atoms with Crippen molar-refractivity contribution in [2.45, 2.75) is 6.54 Å². The number of hydrogen-bond donors (Lipinski definition) is 1. The van der Waals surface area contributed by atoms with Crippen molar-refractivity contribution in [3.63, 3.8) is 0 Å². The van der Waals surface area contributed by atoms with Gasteiger partial charge in [-0.1, -0.05) is 42.5 Å². The lowest BCUT2D eigenvalue weighted by Gasteiger charge is -2.08. The number of aromatic nitrogens is 1. The number of pyridine rings is 1. The van der Waals surface area contributed by atoms with Crippen LogP contribution in [0.25, 0.3) is 10.8 Å². The van der Waals surface area contributed by atoms with Crippen molar-refractivity contribution < 1.29 is 4.92 Å². The van der Waals surface area contributed by atoms with Crippen molar-refractivity contribution in [2.75, 3.05) is 5.32 Å². The fraction of sp³-hybridized carbons (Fsp3) is 0.0625. The van der Waals surface area contributed by atoms with E-state index >= 15 is 0 Å². The molecule has 0 unspecified atom stereocenters. The minimum atomic E-state index is -0.457. The second-order valence-corrected chi connectivity index (χ2v) is 4.65. The van der Waals surface area contributed by atoms with Gasteiger partial charge in [0.1, 0.15) is 12.0 Å². The summed E-state index contributed by atoms with van der Waals surface area (Å²) in [5, 5.41) is 16.1. The lowest BCUT2D eigenvalue weighted by molar-refractivity contribution is -0.385. The van der Waals surface area contributed by atoms with Crippen LogP contribution in [-0.2, 0) is 6.54 Å². The van der Waals surface area contributed by atoms with E-state index < -0.39 is 4.92 Å². The minimum Gasteiger partial charge on any atom is -0.366 e. The normalized spacial score (nSPS) is 10.5. The van der Waals surface area contributed by atoms with E-state index in [1.54, 1.807) is 6.07 Å². The lowest BCUT2D eigenvalue weighted by Crippen LogP contribution is -2.02. The molecule has 0 bridgehead atoms. The summed E-state index contributed by atoms with van der Waals surface area (Å²) < 4.78 is 0. The number of benzene rings is 2. The lowest BCUT2D eigenvalue weighted by atomic mass is 10.0. The molecule has 1 N–H and O–H groups in total. The molecule has 1 heterocycles. The van der Waals surface area contributed by atoms with E-state index in [-0.39, 0.29) is 5.69 Å². The predicted octanol–water partition coefficient (Wildman–Crippen LogP) is 3.76. The van der Waals surface area contributed by atoms with E-state index in [4.69, 9.17) is 0 Å². The van der Waals surface area contributed by atoms with Gasteiger partial charge in [0.25, 0.3) is 5.69 Å². The molecule has 0 aliphatic rings. The number of nitro groups is 1. The summed E-state index contributed by atoms with van der Waals surface area (Å²) in [6.45, 7) is 0.617. The van der Waals surface area contributed by atoms with Crippen molar-refractivity contribution in [1.29, 1.82) is 0 Å². The second-order valence-electron chi connectivity index (χ2n) is 4.65. The van der Waals surface area contributed by atoms with Crippen LogP contribution in [0.3, 0.4) is 0 Å². The van der Waals surface area contributed by atoms with Crippen LogP contribution in [0.2, 0.25) is 0 Å². The Morgan fingerprint density at radius 1 is 1.05 bits per heavy atom. The molecule has 104 valence electrons. The van der Waals surface area contributed by atoms with Crippen molar-refractivity contribution >= 4 is 22.3 Å². The summed E-state index contributed by atoms with van der Waals surface area (Å²) in [6.07, 6.45) is 1.26. The summed E-state index contributed by atoms with van der Waals surface area (Å²) in [5.41, 5.74) is 1.15. The van der Waals surface area contributed by atoms with Gasteiger partial charge in [-0.25, -0.2) is 4.98 Å². The van der Waals surface area contributed by atoms with Gasteiger partial charge in [-0.2, -0.15) is 0 Å². The molecule has 0 atom stereocenters. The monoisotopic (exact) mass is 279 g/mol. The third-order valence-electron chi connectivity index (χ3n) is 3.30. The maximum Gasteiger partial charge on any atom is 0.287 e. The van der Waals surface area contributed by atoms with Gasteiger partial charge in [0.15, 0.2) is 0 Å². The van der Waals surface area contributed by atoms with Crippen molar-refractivity contribution in [3.8, 4) is 0 Å². The summed E-state index contributed by atoms with van der Waals surface area (Å²) in [7, 11) is 0. The van der Waals surface area contributed by atoms with Crippen LogP contribution in [0, 0.1) is 10.1 Å². The first-order valence-corrected chi connectivity index (χ1v) is 6.55. The molecule has 0 saturated carbocycles. The molecule has 5 nitrogen and oxygen atoms in total. The molecule has 2 aromatic carbocycles. The van der Waals surface area contributed by atoms with Crippen LogP contribution in [-0.4, -0.2) is 9.91 Å². The van der Waals surface area contributed by atoms with Crippen LogP contribution >= 0.6 is 0 Å². The molecule has 5 heteroatoms. The maximum absolute atomic E-state index is 10.6. The minimum absolute atomic E-state index is 0.00860. The Balaban J connectivity index is 1.79. The first kappa shape index (κ1) is 13.1. The standard InChI is InChI=1S/C16H13N3O2/c20-19(21)14-8-9-16(18-11-14)17-10-13-6-3-5-12-4-1-2-7-15(12)13/h1-9,11H,10H2,(H,17,18). The van der Waals surface area contributed by atoms with Gasteiger partial charge in [0, 0.05) is 12.6 Å². The second kappa shape index (κ2) is 5.58. The number of anilines is 1. The molecule has 0 amide bonds. The van der Waals surface area contributed by atoms with Crippen LogP contribution in [0.15, 0.2) is 60.8 Å². The Hall–Kier alpha value is -2.95. The van der Waals surface area contributed by atoms with Gasteiger partial charge < -0.3 is 5.32 Å². The third-order valence-corrected chi connectivity index (χ3v) is 3.30.